The molecule has 0 saturated carbocycles. The lowest BCUT2D eigenvalue weighted by atomic mass is 10.4. The molecule has 17 heavy (non-hydrogen) atoms. The summed E-state index contributed by atoms with van der Waals surface area (Å²) < 4.78 is 4.55. The van der Waals surface area contributed by atoms with Crippen LogP contribution in [-0.4, -0.2) is 42.2 Å². The third kappa shape index (κ3) is 3.70. The van der Waals surface area contributed by atoms with Gasteiger partial charge in [-0.15, -0.1) is 0 Å². The van der Waals surface area contributed by atoms with Gasteiger partial charge in [0.25, 0.3) is 0 Å². The van der Waals surface area contributed by atoms with Gasteiger partial charge < -0.3 is 14.7 Å². The summed E-state index contributed by atoms with van der Waals surface area (Å²) in [5.74, 6) is -1.28. The van der Waals surface area contributed by atoms with E-state index in [4.69, 9.17) is 5.11 Å². The van der Waals surface area contributed by atoms with Gasteiger partial charge in [0, 0.05) is 13.1 Å². The molecule has 1 heterocycles. The van der Waals surface area contributed by atoms with Crippen LogP contribution < -0.4 is 4.90 Å². The third-order valence-corrected chi connectivity index (χ3v) is 3.22. The molecule has 0 bridgehead atoms. The molecule has 0 atom stereocenters. The molecule has 0 aromatic carbocycles. The van der Waals surface area contributed by atoms with Crippen LogP contribution in [0, 0.1) is 0 Å². The second-order valence-corrected chi connectivity index (χ2v) is 4.23. The predicted octanol–water partition coefficient (Wildman–Crippen LogP) is 1.23. The molecule has 6 nitrogen and oxygen atoms in total. The summed E-state index contributed by atoms with van der Waals surface area (Å²) in [6.45, 7) is 3.04. The van der Waals surface area contributed by atoms with Crippen molar-refractivity contribution in [3.63, 3.8) is 0 Å². The molecule has 0 aliphatic rings. The lowest BCUT2D eigenvalue weighted by Crippen LogP contribution is -2.25. The molecule has 0 saturated heterocycles. The number of methoxy groups -OCH3 is 1. The highest BCUT2D eigenvalue weighted by molar-refractivity contribution is 7.17. The first-order valence-corrected chi connectivity index (χ1v) is 5.91. The highest BCUT2D eigenvalue weighted by Gasteiger charge is 2.14. The molecule has 0 amide bonds. The minimum Gasteiger partial charge on any atom is -0.477 e. The van der Waals surface area contributed by atoms with E-state index < -0.39 is 5.97 Å². The van der Waals surface area contributed by atoms with Gasteiger partial charge in [-0.2, -0.15) is 0 Å². The summed E-state index contributed by atoms with van der Waals surface area (Å²) in [5, 5.41) is 9.39. The number of carbonyl (C=O) groups excluding carboxylic acids is 1. The fourth-order valence-corrected chi connectivity index (χ4v) is 2.07. The van der Waals surface area contributed by atoms with Crippen LogP contribution in [0.4, 0.5) is 5.13 Å². The second-order valence-electron chi connectivity index (χ2n) is 3.22. The molecule has 7 heteroatoms. The molecule has 0 fully saturated rings. The zero-order chi connectivity index (χ0) is 12.8. The molecule has 0 spiro atoms. The van der Waals surface area contributed by atoms with Crippen molar-refractivity contribution in [3.8, 4) is 0 Å². The summed E-state index contributed by atoms with van der Waals surface area (Å²) in [6, 6.07) is 0. The minimum absolute atomic E-state index is 0.191. The molecule has 0 aliphatic carbocycles. The Labute approximate surface area is 103 Å². The van der Waals surface area contributed by atoms with Gasteiger partial charge in [0.15, 0.2) is 5.13 Å². The summed E-state index contributed by atoms with van der Waals surface area (Å²) in [6.07, 6.45) is 1.58. The average molecular weight is 258 g/mol. The smallest absolute Gasteiger partial charge is 0.347 e. The molecule has 94 valence electrons. The van der Waals surface area contributed by atoms with Crippen LogP contribution in [0.3, 0.4) is 0 Å². The standard InChI is InChI=1S/C10H14N2O4S/c1-3-12(5-4-8(13)16-2)10-11-6-7(17-10)9(14)15/h6H,3-5H2,1-2H3,(H,14,15). The van der Waals surface area contributed by atoms with Crippen LogP contribution in [-0.2, 0) is 9.53 Å². The van der Waals surface area contributed by atoms with Crippen LogP contribution in [0.2, 0.25) is 0 Å². The lowest BCUT2D eigenvalue weighted by molar-refractivity contribution is -0.140. The van der Waals surface area contributed by atoms with Crippen LogP contribution in [0.1, 0.15) is 23.0 Å². The molecule has 1 aromatic heterocycles. The van der Waals surface area contributed by atoms with Gasteiger partial charge in [0.05, 0.1) is 19.7 Å². The highest BCUT2D eigenvalue weighted by atomic mass is 32.1. The number of nitrogens with zero attached hydrogens (tertiary/aromatic N) is 2. The predicted molar refractivity (Wildman–Crippen MR) is 63.6 cm³/mol. The maximum absolute atomic E-state index is 11.0. The zero-order valence-electron chi connectivity index (χ0n) is 9.67. The van der Waals surface area contributed by atoms with E-state index in [1.54, 1.807) is 0 Å². The minimum atomic E-state index is -0.988. The number of carboxylic acid groups (broad SMARTS) is 1. The number of aromatic nitrogens is 1. The molecular formula is C10H14N2O4S. The van der Waals surface area contributed by atoms with E-state index in [0.29, 0.717) is 18.2 Å². The maximum atomic E-state index is 11.0. The monoisotopic (exact) mass is 258 g/mol. The number of thiazole rings is 1. The first-order chi connectivity index (χ1) is 8.08. The van der Waals surface area contributed by atoms with Crippen molar-refractivity contribution in [1.29, 1.82) is 0 Å². The molecule has 1 N–H and O–H groups in total. The highest BCUT2D eigenvalue weighted by Crippen LogP contribution is 2.22. The van der Waals surface area contributed by atoms with Crippen LogP contribution in [0.15, 0.2) is 6.20 Å². The van der Waals surface area contributed by atoms with E-state index >= 15 is 0 Å². The van der Waals surface area contributed by atoms with E-state index in [9.17, 15) is 9.59 Å². The Kier molecular flexibility index (Phi) is 4.89. The molecular weight excluding hydrogens is 244 g/mol. The lowest BCUT2D eigenvalue weighted by Gasteiger charge is -2.18. The molecule has 1 rings (SSSR count). The number of esters is 1. The largest absolute Gasteiger partial charge is 0.477 e. The average Bonchev–Trinajstić information content (AvgIpc) is 2.79. The van der Waals surface area contributed by atoms with Crippen LogP contribution in [0.5, 0.6) is 0 Å². The van der Waals surface area contributed by atoms with Crippen molar-refractivity contribution in [2.24, 2.45) is 0 Å². The van der Waals surface area contributed by atoms with Crippen LogP contribution in [0.25, 0.3) is 0 Å². The SMILES string of the molecule is CCN(CCC(=O)OC)c1ncc(C(=O)O)s1. The number of carboxylic acids is 1. The van der Waals surface area contributed by atoms with Crippen molar-refractivity contribution < 1.29 is 19.4 Å². The van der Waals surface area contributed by atoms with Gasteiger partial charge in [0.2, 0.25) is 0 Å². The van der Waals surface area contributed by atoms with Crippen molar-refractivity contribution in [3.05, 3.63) is 11.1 Å². The second kappa shape index (κ2) is 6.19. The summed E-state index contributed by atoms with van der Waals surface area (Å²) in [5.41, 5.74) is 0. The Balaban J connectivity index is 2.65. The first-order valence-electron chi connectivity index (χ1n) is 5.09. The number of aromatic carboxylic acids is 1. The van der Waals surface area contributed by atoms with Crippen molar-refractivity contribution >= 4 is 28.4 Å². The van der Waals surface area contributed by atoms with E-state index in [1.807, 2.05) is 11.8 Å². The zero-order valence-corrected chi connectivity index (χ0v) is 10.5. The van der Waals surface area contributed by atoms with Gasteiger partial charge in [-0.3, -0.25) is 4.79 Å². The van der Waals surface area contributed by atoms with E-state index in [1.165, 1.54) is 13.3 Å². The van der Waals surface area contributed by atoms with Gasteiger partial charge in [-0.05, 0) is 6.92 Å². The van der Waals surface area contributed by atoms with E-state index in [0.717, 1.165) is 11.3 Å². The van der Waals surface area contributed by atoms with Gasteiger partial charge in [-0.25, -0.2) is 9.78 Å². The Bertz CT molecular complexity index is 405. The van der Waals surface area contributed by atoms with Gasteiger partial charge >= 0.3 is 11.9 Å². The Morgan fingerprint density at radius 2 is 2.29 bits per heavy atom. The maximum Gasteiger partial charge on any atom is 0.347 e. The Morgan fingerprint density at radius 1 is 1.59 bits per heavy atom. The van der Waals surface area contributed by atoms with Gasteiger partial charge in [-0.1, -0.05) is 11.3 Å². The van der Waals surface area contributed by atoms with Crippen molar-refractivity contribution in [2.75, 3.05) is 25.1 Å². The number of hydrogen-bond donors (Lipinski definition) is 1. The number of anilines is 1. The van der Waals surface area contributed by atoms with E-state index in [-0.39, 0.29) is 17.3 Å². The van der Waals surface area contributed by atoms with Gasteiger partial charge in [0.1, 0.15) is 4.88 Å². The van der Waals surface area contributed by atoms with Crippen molar-refractivity contribution in [2.45, 2.75) is 13.3 Å². The number of ether oxygens (including phenoxy) is 1. The fraction of sp³-hybridized carbons (Fsp3) is 0.500. The van der Waals surface area contributed by atoms with Crippen LogP contribution >= 0.6 is 11.3 Å². The summed E-state index contributed by atoms with van der Waals surface area (Å²) in [4.78, 5) is 27.8. The normalized spacial score (nSPS) is 10.0. The Morgan fingerprint density at radius 3 is 2.76 bits per heavy atom. The fourth-order valence-electron chi connectivity index (χ4n) is 1.23. The molecule has 0 radical (unpaired) electrons. The van der Waals surface area contributed by atoms with Crippen molar-refractivity contribution in [1.82, 2.24) is 4.98 Å². The molecule has 0 unspecified atom stereocenters. The third-order valence-electron chi connectivity index (χ3n) is 2.17. The molecule has 0 aliphatic heterocycles. The molecule has 1 aromatic rings. The van der Waals surface area contributed by atoms with E-state index in [2.05, 4.69) is 9.72 Å². The summed E-state index contributed by atoms with van der Waals surface area (Å²) in [7, 11) is 1.34. The topological polar surface area (TPSA) is 79.7 Å². The number of carbonyl (C=O) groups is 2. The quantitative estimate of drug-likeness (QED) is 0.773. The summed E-state index contributed by atoms with van der Waals surface area (Å²) >= 11 is 1.10. The Hall–Kier alpha value is -1.63. The number of hydrogen-bond acceptors (Lipinski definition) is 6. The number of rotatable bonds is 6. The first kappa shape index (κ1) is 13.4.